The maximum Gasteiger partial charge on any atom is 0.248 e. The Labute approximate surface area is 156 Å². The minimum Gasteiger partial charge on any atom is -0.360 e. The molecule has 4 rings (SSSR count). The lowest BCUT2D eigenvalue weighted by atomic mass is 10.1. The van der Waals surface area contributed by atoms with E-state index in [4.69, 9.17) is 9.51 Å². The Bertz CT molecular complexity index is 1050. The van der Waals surface area contributed by atoms with E-state index in [1.165, 1.54) is 9.87 Å². The highest BCUT2D eigenvalue weighted by Crippen LogP contribution is 2.34. The first-order valence-electron chi connectivity index (χ1n) is 8.35. The summed E-state index contributed by atoms with van der Waals surface area (Å²) in [5.41, 5.74) is 3.66. The molecular formula is C18H19N3O3S2. The van der Waals surface area contributed by atoms with Gasteiger partial charge in [-0.25, -0.2) is 13.4 Å². The lowest BCUT2D eigenvalue weighted by Gasteiger charge is -2.25. The molecule has 1 aliphatic heterocycles. The highest BCUT2D eigenvalue weighted by atomic mass is 32.2. The molecule has 0 aliphatic carbocycles. The van der Waals surface area contributed by atoms with Crippen LogP contribution in [-0.2, 0) is 23.0 Å². The second kappa shape index (κ2) is 6.29. The lowest BCUT2D eigenvalue weighted by molar-refractivity contribution is 0.382. The molecule has 6 nitrogen and oxygen atoms in total. The van der Waals surface area contributed by atoms with Crippen molar-refractivity contribution in [3.8, 4) is 10.6 Å². The third-order valence-electron chi connectivity index (χ3n) is 4.56. The van der Waals surface area contributed by atoms with Crippen LogP contribution in [-0.4, -0.2) is 29.4 Å². The standard InChI is InChI=1S/C18H19N3O3S2/c1-11-4-6-14(7-5-11)18-19-15-8-9-21(10-16(15)25-18)26(22,23)17-12(2)20-24-13(17)3/h4-7H,8-10H2,1-3H3. The molecular weight excluding hydrogens is 370 g/mol. The van der Waals surface area contributed by atoms with Crippen LogP contribution in [0, 0.1) is 20.8 Å². The number of aromatic nitrogens is 2. The van der Waals surface area contributed by atoms with Gasteiger partial charge in [-0.15, -0.1) is 11.3 Å². The zero-order valence-corrected chi connectivity index (χ0v) is 16.4. The van der Waals surface area contributed by atoms with Gasteiger partial charge >= 0.3 is 0 Å². The number of fused-ring (bicyclic) bond motifs is 1. The second-order valence-corrected chi connectivity index (χ2v) is 9.46. The van der Waals surface area contributed by atoms with Gasteiger partial charge in [0.1, 0.15) is 15.6 Å². The molecule has 0 saturated heterocycles. The molecule has 26 heavy (non-hydrogen) atoms. The van der Waals surface area contributed by atoms with Crippen molar-refractivity contribution in [2.24, 2.45) is 0 Å². The maximum atomic E-state index is 13.0. The molecule has 0 atom stereocenters. The van der Waals surface area contributed by atoms with Crippen LogP contribution in [0.15, 0.2) is 33.7 Å². The highest BCUT2D eigenvalue weighted by Gasteiger charge is 2.34. The highest BCUT2D eigenvalue weighted by molar-refractivity contribution is 7.89. The van der Waals surface area contributed by atoms with E-state index >= 15 is 0 Å². The molecule has 0 fully saturated rings. The SMILES string of the molecule is Cc1ccc(-c2nc3c(s2)CN(S(=O)(=O)c2c(C)noc2C)CC3)cc1. The number of benzene rings is 1. The Morgan fingerprint density at radius 3 is 2.54 bits per heavy atom. The molecule has 1 aliphatic rings. The molecule has 3 heterocycles. The predicted octanol–water partition coefficient (Wildman–Crippen LogP) is 3.47. The number of thiazole rings is 1. The fourth-order valence-corrected chi connectivity index (χ4v) is 6.08. The van der Waals surface area contributed by atoms with Crippen LogP contribution in [0.3, 0.4) is 0 Å². The van der Waals surface area contributed by atoms with E-state index in [2.05, 4.69) is 29.4 Å². The Balaban J connectivity index is 1.65. The maximum absolute atomic E-state index is 13.0. The number of sulfonamides is 1. The number of aryl methyl sites for hydroxylation is 3. The third kappa shape index (κ3) is 2.87. The van der Waals surface area contributed by atoms with Gasteiger partial charge in [0.15, 0.2) is 5.76 Å². The summed E-state index contributed by atoms with van der Waals surface area (Å²) in [6.07, 6.45) is 0.611. The predicted molar refractivity (Wildman–Crippen MR) is 99.6 cm³/mol. The van der Waals surface area contributed by atoms with Crippen molar-refractivity contribution < 1.29 is 12.9 Å². The van der Waals surface area contributed by atoms with E-state index in [0.29, 0.717) is 31.0 Å². The second-order valence-electron chi connectivity index (χ2n) is 6.50. The zero-order valence-electron chi connectivity index (χ0n) is 14.8. The summed E-state index contributed by atoms with van der Waals surface area (Å²) in [7, 11) is -3.63. The summed E-state index contributed by atoms with van der Waals surface area (Å²) < 4.78 is 32.6. The summed E-state index contributed by atoms with van der Waals surface area (Å²) >= 11 is 1.56. The summed E-state index contributed by atoms with van der Waals surface area (Å²) in [5.74, 6) is 0.331. The van der Waals surface area contributed by atoms with Crippen molar-refractivity contribution in [1.82, 2.24) is 14.4 Å². The van der Waals surface area contributed by atoms with Crippen molar-refractivity contribution in [2.75, 3.05) is 6.54 Å². The zero-order chi connectivity index (χ0) is 18.5. The summed E-state index contributed by atoms with van der Waals surface area (Å²) in [5, 5.41) is 4.72. The van der Waals surface area contributed by atoms with Crippen molar-refractivity contribution >= 4 is 21.4 Å². The Hall–Kier alpha value is -2.03. The van der Waals surface area contributed by atoms with Crippen LogP contribution in [0.5, 0.6) is 0 Å². The van der Waals surface area contributed by atoms with Crippen LogP contribution in [0.25, 0.3) is 10.6 Å². The molecule has 2 aromatic heterocycles. The van der Waals surface area contributed by atoms with Gasteiger partial charge in [-0.05, 0) is 20.8 Å². The Kier molecular flexibility index (Phi) is 4.21. The summed E-state index contributed by atoms with van der Waals surface area (Å²) in [6, 6.07) is 8.23. The van der Waals surface area contributed by atoms with Crippen molar-refractivity contribution in [3.05, 3.63) is 51.9 Å². The van der Waals surface area contributed by atoms with E-state index < -0.39 is 10.0 Å². The van der Waals surface area contributed by atoms with Crippen molar-refractivity contribution in [3.63, 3.8) is 0 Å². The molecule has 0 radical (unpaired) electrons. The molecule has 8 heteroatoms. The molecule has 1 aromatic carbocycles. The first-order chi connectivity index (χ1) is 12.4. The van der Waals surface area contributed by atoms with Gasteiger partial charge in [0.05, 0.1) is 12.2 Å². The van der Waals surface area contributed by atoms with Gasteiger partial charge < -0.3 is 4.52 Å². The Morgan fingerprint density at radius 2 is 1.88 bits per heavy atom. The van der Waals surface area contributed by atoms with Crippen molar-refractivity contribution in [2.45, 2.75) is 38.6 Å². The Morgan fingerprint density at radius 1 is 1.15 bits per heavy atom. The van der Waals surface area contributed by atoms with Crippen LogP contribution >= 0.6 is 11.3 Å². The number of hydrogen-bond acceptors (Lipinski definition) is 6. The van der Waals surface area contributed by atoms with Crippen LogP contribution in [0.4, 0.5) is 0 Å². The fraction of sp³-hybridized carbons (Fsp3) is 0.333. The van der Waals surface area contributed by atoms with Crippen LogP contribution < -0.4 is 0 Å². The van der Waals surface area contributed by atoms with Gasteiger partial charge in [-0.1, -0.05) is 35.0 Å². The lowest BCUT2D eigenvalue weighted by Crippen LogP contribution is -2.36. The topological polar surface area (TPSA) is 76.3 Å². The fourth-order valence-electron chi connectivity index (χ4n) is 3.17. The molecule has 0 amide bonds. The quantitative estimate of drug-likeness (QED) is 0.685. The van der Waals surface area contributed by atoms with Gasteiger partial charge in [0.2, 0.25) is 10.0 Å². The van der Waals surface area contributed by atoms with E-state index in [9.17, 15) is 8.42 Å². The average Bonchev–Trinajstić information content (AvgIpc) is 3.18. The molecule has 0 unspecified atom stereocenters. The van der Waals surface area contributed by atoms with E-state index in [1.807, 2.05) is 6.92 Å². The summed E-state index contributed by atoms with van der Waals surface area (Å²) in [4.78, 5) is 5.92. The van der Waals surface area contributed by atoms with Crippen molar-refractivity contribution in [1.29, 1.82) is 0 Å². The smallest absolute Gasteiger partial charge is 0.248 e. The van der Waals surface area contributed by atoms with Crippen LogP contribution in [0.2, 0.25) is 0 Å². The minimum atomic E-state index is -3.63. The molecule has 0 N–H and O–H groups in total. The molecule has 3 aromatic rings. The third-order valence-corrected chi connectivity index (χ3v) is 7.78. The van der Waals surface area contributed by atoms with Gasteiger partial charge in [0.25, 0.3) is 0 Å². The van der Waals surface area contributed by atoms with Gasteiger partial charge in [0, 0.05) is 23.4 Å². The minimum absolute atomic E-state index is 0.184. The van der Waals surface area contributed by atoms with Crippen LogP contribution in [0.1, 0.15) is 27.6 Å². The molecule has 0 bridgehead atoms. The van der Waals surface area contributed by atoms with E-state index in [1.54, 1.807) is 25.2 Å². The number of hydrogen-bond donors (Lipinski definition) is 0. The normalized spacial score (nSPS) is 15.2. The molecule has 0 saturated carbocycles. The largest absolute Gasteiger partial charge is 0.360 e. The monoisotopic (exact) mass is 389 g/mol. The number of rotatable bonds is 3. The van der Waals surface area contributed by atoms with E-state index in [-0.39, 0.29) is 4.90 Å². The summed E-state index contributed by atoms with van der Waals surface area (Å²) in [6.45, 7) is 6.08. The molecule has 136 valence electrons. The first-order valence-corrected chi connectivity index (χ1v) is 10.6. The molecule has 0 spiro atoms. The van der Waals surface area contributed by atoms with Gasteiger partial charge in [-0.2, -0.15) is 4.31 Å². The average molecular weight is 390 g/mol. The first kappa shape index (κ1) is 17.4. The number of nitrogens with zero attached hydrogens (tertiary/aromatic N) is 3. The van der Waals surface area contributed by atoms with Gasteiger partial charge in [-0.3, -0.25) is 0 Å². The van der Waals surface area contributed by atoms with E-state index in [0.717, 1.165) is 21.1 Å².